The second-order valence-corrected chi connectivity index (χ2v) is 10.8. The first-order valence-corrected chi connectivity index (χ1v) is 14.0. The molecule has 0 unspecified atom stereocenters. The first kappa shape index (κ1) is 25.3. The zero-order valence-corrected chi connectivity index (χ0v) is 22.0. The van der Waals surface area contributed by atoms with Crippen molar-refractivity contribution in [1.29, 1.82) is 0 Å². The van der Waals surface area contributed by atoms with E-state index in [0.717, 1.165) is 94.3 Å². The molecule has 2 aromatic heterocycles. The number of fused-ring (bicyclic) bond motifs is 1. The van der Waals surface area contributed by atoms with Crippen molar-refractivity contribution in [3.05, 3.63) is 35.0 Å². The van der Waals surface area contributed by atoms with Crippen LogP contribution in [0.3, 0.4) is 0 Å². The zero-order chi connectivity index (χ0) is 24.9. The summed E-state index contributed by atoms with van der Waals surface area (Å²) in [5.41, 5.74) is 3.82. The Kier molecular flexibility index (Phi) is 8.31. The fourth-order valence-electron chi connectivity index (χ4n) is 5.72. The number of rotatable bonds is 10. The van der Waals surface area contributed by atoms with Crippen LogP contribution >= 0.6 is 11.5 Å². The van der Waals surface area contributed by atoms with Gasteiger partial charge in [-0.05, 0) is 55.1 Å². The van der Waals surface area contributed by atoms with E-state index in [1.807, 2.05) is 0 Å². The number of aromatic nitrogens is 3. The summed E-state index contributed by atoms with van der Waals surface area (Å²) < 4.78 is 12.8. The summed E-state index contributed by atoms with van der Waals surface area (Å²) in [5.74, 6) is 1.46. The van der Waals surface area contributed by atoms with Crippen LogP contribution in [0.1, 0.15) is 43.2 Å². The van der Waals surface area contributed by atoms with Gasteiger partial charge in [-0.2, -0.15) is 4.37 Å². The monoisotopic (exact) mass is 511 g/mol. The van der Waals surface area contributed by atoms with Gasteiger partial charge >= 0.3 is 0 Å². The standard InChI is InChI=1S/C27H37N5O3S/c1-2-21-4-3-5-23-24(17-32(26(21)23)16-20-8-14-35-15-9-20)27-28-25(36-29-27)18-30-10-6-22(7-11-30)31(19-34)12-13-33/h3-5,17,19-20,22,33H,2,6-16,18H2,1H3. The molecule has 2 saturated heterocycles. The minimum Gasteiger partial charge on any atom is -0.395 e. The average molecular weight is 512 g/mol. The van der Waals surface area contributed by atoms with Crippen molar-refractivity contribution >= 4 is 28.8 Å². The summed E-state index contributed by atoms with van der Waals surface area (Å²) in [6.07, 6.45) is 8.21. The number of aryl methyl sites for hydroxylation is 1. The Balaban J connectivity index is 1.32. The van der Waals surface area contributed by atoms with Crippen molar-refractivity contribution in [1.82, 2.24) is 23.7 Å². The Morgan fingerprint density at radius 3 is 2.75 bits per heavy atom. The van der Waals surface area contributed by atoms with E-state index in [9.17, 15) is 9.90 Å². The van der Waals surface area contributed by atoms with E-state index in [2.05, 4.69) is 40.8 Å². The van der Waals surface area contributed by atoms with Crippen molar-refractivity contribution in [3.63, 3.8) is 0 Å². The van der Waals surface area contributed by atoms with Crippen LogP contribution in [-0.4, -0.2) is 80.7 Å². The molecule has 4 heterocycles. The quantitative estimate of drug-likeness (QED) is 0.419. The summed E-state index contributed by atoms with van der Waals surface area (Å²) in [5, 5.41) is 11.5. The molecule has 2 aliphatic rings. The maximum Gasteiger partial charge on any atom is 0.210 e. The first-order valence-electron chi connectivity index (χ1n) is 13.3. The number of carbonyl (C=O) groups excluding carboxylic acids is 1. The number of hydrogen-bond donors (Lipinski definition) is 1. The van der Waals surface area contributed by atoms with Crippen LogP contribution in [-0.2, 0) is 29.0 Å². The van der Waals surface area contributed by atoms with E-state index in [4.69, 9.17) is 14.1 Å². The van der Waals surface area contributed by atoms with E-state index < -0.39 is 0 Å². The van der Waals surface area contributed by atoms with Gasteiger partial charge in [-0.25, -0.2) is 4.98 Å². The highest BCUT2D eigenvalue weighted by atomic mass is 32.1. The predicted molar refractivity (Wildman–Crippen MR) is 142 cm³/mol. The lowest BCUT2D eigenvalue weighted by Gasteiger charge is -2.36. The van der Waals surface area contributed by atoms with Gasteiger partial charge in [0.2, 0.25) is 6.41 Å². The van der Waals surface area contributed by atoms with Gasteiger partial charge in [-0.15, -0.1) is 0 Å². The molecule has 194 valence electrons. The van der Waals surface area contributed by atoms with Gasteiger partial charge in [-0.1, -0.05) is 25.1 Å². The Bertz CT molecular complexity index is 1150. The second kappa shape index (κ2) is 11.8. The van der Waals surface area contributed by atoms with Gasteiger partial charge in [0.25, 0.3) is 0 Å². The molecule has 5 rings (SSSR count). The zero-order valence-electron chi connectivity index (χ0n) is 21.1. The lowest BCUT2D eigenvalue weighted by molar-refractivity contribution is -0.121. The molecular weight excluding hydrogens is 474 g/mol. The van der Waals surface area contributed by atoms with Crippen molar-refractivity contribution in [2.45, 2.75) is 58.2 Å². The summed E-state index contributed by atoms with van der Waals surface area (Å²) in [6, 6.07) is 6.81. The number of likely N-dealkylation sites (tertiary alicyclic amines) is 1. The van der Waals surface area contributed by atoms with E-state index in [1.165, 1.54) is 28.0 Å². The molecule has 9 heteroatoms. The number of nitrogens with zero attached hydrogens (tertiary/aromatic N) is 5. The molecule has 3 aromatic rings. The van der Waals surface area contributed by atoms with Gasteiger partial charge < -0.3 is 19.3 Å². The second-order valence-electron chi connectivity index (χ2n) is 10.0. The maximum absolute atomic E-state index is 11.3. The molecule has 36 heavy (non-hydrogen) atoms. The number of benzene rings is 1. The third-order valence-corrected chi connectivity index (χ3v) is 8.44. The third kappa shape index (κ3) is 5.49. The number of hydrogen-bond acceptors (Lipinski definition) is 7. The molecule has 0 aliphatic carbocycles. The van der Waals surface area contributed by atoms with Crippen LogP contribution in [0.2, 0.25) is 0 Å². The normalized spacial score (nSPS) is 18.2. The maximum atomic E-state index is 11.3. The summed E-state index contributed by atoms with van der Waals surface area (Å²) >= 11 is 1.49. The molecule has 2 fully saturated rings. The van der Waals surface area contributed by atoms with E-state index in [-0.39, 0.29) is 12.6 Å². The number of amides is 1. The minimum absolute atomic E-state index is 0.0117. The average Bonchev–Trinajstić information content (AvgIpc) is 3.53. The number of aliphatic hydroxyl groups excluding tert-OH is 1. The van der Waals surface area contributed by atoms with Crippen molar-refractivity contribution in [2.75, 3.05) is 39.5 Å². The van der Waals surface area contributed by atoms with Crippen molar-refractivity contribution < 1.29 is 14.6 Å². The molecule has 0 bridgehead atoms. The molecule has 0 atom stereocenters. The molecular formula is C27H37N5O3S. The Labute approximate surface area is 217 Å². The third-order valence-electron chi connectivity index (χ3n) is 7.75. The van der Waals surface area contributed by atoms with E-state index >= 15 is 0 Å². The molecule has 1 aromatic carbocycles. The highest BCUT2D eigenvalue weighted by Crippen LogP contribution is 2.34. The molecule has 8 nitrogen and oxygen atoms in total. The number of ether oxygens (including phenoxy) is 1. The minimum atomic E-state index is 0.0117. The number of piperidine rings is 1. The smallest absolute Gasteiger partial charge is 0.210 e. The Hall–Kier alpha value is -2.33. The van der Waals surface area contributed by atoms with Crippen LogP contribution < -0.4 is 0 Å². The molecule has 0 radical (unpaired) electrons. The topological polar surface area (TPSA) is 83.7 Å². The first-order chi connectivity index (χ1) is 17.7. The van der Waals surface area contributed by atoms with Crippen LogP contribution in [0.5, 0.6) is 0 Å². The molecule has 1 N–H and O–H groups in total. The van der Waals surface area contributed by atoms with Gasteiger partial charge in [0.1, 0.15) is 5.01 Å². The van der Waals surface area contributed by atoms with Crippen LogP contribution in [0.25, 0.3) is 22.3 Å². The lowest BCUT2D eigenvalue weighted by Crippen LogP contribution is -2.45. The fraction of sp³-hybridized carbons (Fsp3) is 0.593. The summed E-state index contributed by atoms with van der Waals surface area (Å²) in [4.78, 5) is 20.4. The number of para-hydroxylation sites is 1. The largest absolute Gasteiger partial charge is 0.395 e. The van der Waals surface area contributed by atoms with Crippen LogP contribution in [0, 0.1) is 5.92 Å². The van der Waals surface area contributed by atoms with Gasteiger partial charge in [0.15, 0.2) is 5.82 Å². The summed E-state index contributed by atoms with van der Waals surface area (Å²) in [6.45, 7) is 8.00. The molecule has 1 amide bonds. The van der Waals surface area contributed by atoms with Gasteiger partial charge in [0, 0.05) is 62.6 Å². The lowest BCUT2D eigenvalue weighted by atomic mass is 10.00. The molecule has 0 spiro atoms. The number of aliphatic hydroxyl groups is 1. The van der Waals surface area contributed by atoms with Gasteiger partial charge in [0.05, 0.1) is 18.7 Å². The van der Waals surface area contributed by atoms with Crippen molar-refractivity contribution in [3.8, 4) is 11.4 Å². The van der Waals surface area contributed by atoms with Gasteiger partial charge in [-0.3, -0.25) is 9.69 Å². The highest BCUT2D eigenvalue weighted by Gasteiger charge is 2.25. The fourth-order valence-corrected chi connectivity index (χ4v) is 6.42. The summed E-state index contributed by atoms with van der Waals surface area (Å²) in [7, 11) is 0. The van der Waals surface area contributed by atoms with Crippen LogP contribution in [0.4, 0.5) is 0 Å². The SMILES string of the molecule is CCc1cccc2c(-c3nsc(CN4CCC(N(C=O)CCO)CC4)n3)cn(CC3CCOCC3)c12. The molecule has 0 saturated carbocycles. The number of carbonyl (C=O) groups is 1. The van der Waals surface area contributed by atoms with Crippen molar-refractivity contribution in [2.24, 2.45) is 5.92 Å². The van der Waals surface area contributed by atoms with Crippen LogP contribution in [0.15, 0.2) is 24.4 Å². The Morgan fingerprint density at radius 2 is 2.03 bits per heavy atom. The highest BCUT2D eigenvalue weighted by molar-refractivity contribution is 7.05. The van der Waals surface area contributed by atoms with E-state index in [0.29, 0.717) is 12.5 Å². The predicted octanol–water partition coefficient (Wildman–Crippen LogP) is 3.56. The Morgan fingerprint density at radius 1 is 1.22 bits per heavy atom. The molecule has 2 aliphatic heterocycles. The van der Waals surface area contributed by atoms with E-state index in [1.54, 1.807) is 4.90 Å².